The van der Waals surface area contributed by atoms with E-state index in [1.165, 1.54) is 44.9 Å². The second kappa shape index (κ2) is 7.00. The molecule has 0 spiro atoms. The first-order valence-corrected chi connectivity index (χ1v) is 6.41. The lowest BCUT2D eigenvalue weighted by molar-refractivity contribution is -0.118. The van der Waals surface area contributed by atoms with Crippen molar-refractivity contribution in [1.29, 1.82) is 0 Å². The molecular formula is C13H24O2. The molecule has 0 N–H and O–H groups in total. The molecule has 0 saturated carbocycles. The van der Waals surface area contributed by atoms with Crippen LogP contribution in [0.4, 0.5) is 0 Å². The molecular weight excluding hydrogens is 188 g/mol. The number of Topliss-reactive ketones (excluding diaryl/α,β-unsaturated/α-hetero) is 1. The van der Waals surface area contributed by atoms with Crippen LogP contribution in [0.15, 0.2) is 0 Å². The number of carbonyl (C=O) groups excluding carboxylic acids is 1. The van der Waals surface area contributed by atoms with Crippen LogP contribution < -0.4 is 0 Å². The van der Waals surface area contributed by atoms with Crippen LogP contribution in [0.3, 0.4) is 0 Å². The number of hydrogen-bond acceptors (Lipinski definition) is 2. The second-order valence-electron chi connectivity index (χ2n) is 4.62. The third-order valence-corrected chi connectivity index (χ3v) is 3.08. The van der Waals surface area contributed by atoms with Gasteiger partial charge in [0.15, 0.2) is 5.78 Å². The average molecular weight is 212 g/mol. The van der Waals surface area contributed by atoms with Crippen molar-refractivity contribution < 1.29 is 9.53 Å². The Kier molecular flexibility index (Phi) is 5.92. The Morgan fingerprint density at radius 2 is 1.67 bits per heavy atom. The van der Waals surface area contributed by atoms with E-state index < -0.39 is 0 Å². The number of epoxide rings is 1. The molecule has 1 saturated heterocycles. The maximum absolute atomic E-state index is 10.9. The highest BCUT2D eigenvalue weighted by Crippen LogP contribution is 2.28. The normalized spacial score (nSPS) is 24.1. The zero-order chi connectivity index (χ0) is 11.1. The molecule has 15 heavy (non-hydrogen) atoms. The topological polar surface area (TPSA) is 29.6 Å². The fraction of sp³-hybridized carbons (Fsp3) is 0.923. The predicted molar refractivity (Wildman–Crippen MR) is 62.0 cm³/mol. The van der Waals surface area contributed by atoms with Crippen LogP contribution in [0.2, 0.25) is 0 Å². The molecule has 2 nitrogen and oxygen atoms in total. The Hall–Kier alpha value is -0.370. The predicted octanol–water partition coefficient (Wildman–Crippen LogP) is 3.48. The summed E-state index contributed by atoms with van der Waals surface area (Å²) in [6, 6.07) is 0. The van der Waals surface area contributed by atoms with E-state index in [9.17, 15) is 4.79 Å². The fourth-order valence-corrected chi connectivity index (χ4v) is 2.02. The van der Waals surface area contributed by atoms with Crippen molar-refractivity contribution >= 4 is 5.78 Å². The summed E-state index contributed by atoms with van der Waals surface area (Å²) in [4.78, 5) is 10.9. The Bertz CT molecular complexity index is 189. The summed E-state index contributed by atoms with van der Waals surface area (Å²) >= 11 is 0. The molecule has 1 rings (SSSR count). The molecule has 88 valence electrons. The highest BCUT2D eigenvalue weighted by Gasteiger charge is 2.41. The van der Waals surface area contributed by atoms with Crippen molar-refractivity contribution in [2.45, 2.75) is 77.4 Å². The van der Waals surface area contributed by atoms with Gasteiger partial charge in [-0.25, -0.2) is 0 Å². The van der Waals surface area contributed by atoms with Crippen molar-refractivity contribution in [3.63, 3.8) is 0 Å². The molecule has 1 aliphatic rings. The van der Waals surface area contributed by atoms with Gasteiger partial charge in [0.1, 0.15) is 6.10 Å². The van der Waals surface area contributed by atoms with Crippen molar-refractivity contribution in [3.8, 4) is 0 Å². The van der Waals surface area contributed by atoms with E-state index in [2.05, 4.69) is 6.92 Å². The number of rotatable bonds is 9. The standard InChI is InChI=1S/C13H24O2/c1-3-4-5-6-7-8-9-10-12-13(15-12)11(2)14/h12-13H,3-10H2,1-2H3. The Morgan fingerprint density at radius 1 is 1.07 bits per heavy atom. The zero-order valence-corrected chi connectivity index (χ0v) is 10.1. The molecule has 2 heteroatoms. The molecule has 0 bridgehead atoms. The smallest absolute Gasteiger partial charge is 0.161 e. The van der Waals surface area contributed by atoms with Crippen LogP contribution >= 0.6 is 0 Å². The van der Waals surface area contributed by atoms with E-state index in [1.807, 2.05) is 0 Å². The van der Waals surface area contributed by atoms with E-state index in [0.29, 0.717) is 0 Å². The van der Waals surface area contributed by atoms with Crippen LogP contribution in [-0.4, -0.2) is 18.0 Å². The zero-order valence-electron chi connectivity index (χ0n) is 10.1. The molecule has 0 amide bonds. The molecule has 0 aromatic heterocycles. The third-order valence-electron chi connectivity index (χ3n) is 3.08. The van der Waals surface area contributed by atoms with Crippen LogP contribution in [-0.2, 0) is 9.53 Å². The first-order valence-electron chi connectivity index (χ1n) is 6.41. The van der Waals surface area contributed by atoms with Crippen molar-refractivity contribution in [3.05, 3.63) is 0 Å². The first kappa shape index (κ1) is 12.7. The molecule has 0 aromatic rings. The molecule has 0 aliphatic carbocycles. The lowest BCUT2D eigenvalue weighted by atomic mass is 10.1. The quantitative estimate of drug-likeness (QED) is 0.432. The lowest BCUT2D eigenvalue weighted by Gasteiger charge is -1.99. The lowest BCUT2D eigenvalue weighted by Crippen LogP contribution is -2.04. The summed E-state index contributed by atoms with van der Waals surface area (Å²) in [6.45, 7) is 3.86. The van der Waals surface area contributed by atoms with Crippen LogP contribution in [0, 0.1) is 0 Å². The van der Waals surface area contributed by atoms with Crippen molar-refractivity contribution in [1.82, 2.24) is 0 Å². The summed E-state index contributed by atoms with van der Waals surface area (Å²) in [5.74, 6) is 0.197. The molecule has 2 atom stereocenters. The highest BCUT2D eigenvalue weighted by atomic mass is 16.6. The number of hydrogen-bond donors (Lipinski definition) is 0. The van der Waals surface area contributed by atoms with Crippen LogP contribution in [0.5, 0.6) is 0 Å². The third kappa shape index (κ3) is 5.31. The summed E-state index contributed by atoms with van der Waals surface area (Å²) in [5, 5.41) is 0. The van der Waals surface area contributed by atoms with Gasteiger partial charge in [-0.05, 0) is 13.3 Å². The minimum atomic E-state index is -0.0508. The maximum Gasteiger partial charge on any atom is 0.161 e. The Morgan fingerprint density at radius 3 is 2.20 bits per heavy atom. The second-order valence-corrected chi connectivity index (χ2v) is 4.62. The fourth-order valence-electron chi connectivity index (χ4n) is 2.02. The van der Waals surface area contributed by atoms with E-state index in [1.54, 1.807) is 6.92 Å². The monoisotopic (exact) mass is 212 g/mol. The van der Waals surface area contributed by atoms with Gasteiger partial charge in [0, 0.05) is 0 Å². The largest absolute Gasteiger partial charge is 0.361 e. The number of ether oxygens (including phenoxy) is 1. The van der Waals surface area contributed by atoms with Crippen molar-refractivity contribution in [2.24, 2.45) is 0 Å². The first-order chi connectivity index (χ1) is 7.25. The van der Waals surface area contributed by atoms with Gasteiger partial charge in [0.25, 0.3) is 0 Å². The molecule has 0 aromatic carbocycles. The minimum Gasteiger partial charge on any atom is -0.361 e. The van der Waals surface area contributed by atoms with Gasteiger partial charge in [0.05, 0.1) is 6.10 Å². The number of unbranched alkanes of at least 4 members (excludes halogenated alkanes) is 6. The van der Waals surface area contributed by atoms with Crippen molar-refractivity contribution in [2.75, 3.05) is 0 Å². The minimum absolute atomic E-state index is 0.0508. The summed E-state index contributed by atoms with van der Waals surface area (Å²) in [7, 11) is 0. The maximum atomic E-state index is 10.9. The highest BCUT2D eigenvalue weighted by molar-refractivity contribution is 5.83. The summed E-state index contributed by atoms with van der Waals surface area (Å²) < 4.78 is 5.27. The van der Waals surface area contributed by atoms with Gasteiger partial charge >= 0.3 is 0 Å². The Balaban J connectivity index is 1.80. The van der Waals surface area contributed by atoms with Gasteiger partial charge in [0.2, 0.25) is 0 Å². The van der Waals surface area contributed by atoms with Crippen LogP contribution in [0.1, 0.15) is 65.2 Å². The van der Waals surface area contributed by atoms with Gasteiger partial charge < -0.3 is 4.74 Å². The van der Waals surface area contributed by atoms with Gasteiger partial charge in [-0.2, -0.15) is 0 Å². The van der Waals surface area contributed by atoms with Gasteiger partial charge in [-0.15, -0.1) is 0 Å². The molecule has 2 unspecified atom stereocenters. The Labute approximate surface area is 93.4 Å². The van der Waals surface area contributed by atoms with E-state index >= 15 is 0 Å². The molecule has 1 heterocycles. The number of ketones is 1. The molecule has 1 fully saturated rings. The number of carbonyl (C=O) groups is 1. The van der Waals surface area contributed by atoms with Gasteiger partial charge in [-0.3, -0.25) is 4.79 Å². The average Bonchev–Trinajstić information content (AvgIpc) is 2.96. The summed E-state index contributed by atoms with van der Waals surface area (Å²) in [5.41, 5.74) is 0. The van der Waals surface area contributed by atoms with E-state index in [-0.39, 0.29) is 18.0 Å². The van der Waals surface area contributed by atoms with E-state index in [0.717, 1.165) is 6.42 Å². The summed E-state index contributed by atoms with van der Waals surface area (Å²) in [6.07, 6.45) is 10.6. The molecule has 0 radical (unpaired) electrons. The SMILES string of the molecule is CCCCCCCCCC1OC1C(C)=O. The van der Waals surface area contributed by atoms with E-state index in [4.69, 9.17) is 4.74 Å². The van der Waals surface area contributed by atoms with Gasteiger partial charge in [-0.1, -0.05) is 51.9 Å². The molecule has 1 aliphatic heterocycles. The van der Waals surface area contributed by atoms with Crippen LogP contribution in [0.25, 0.3) is 0 Å².